The highest BCUT2D eigenvalue weighted by molar-refractivity contribution is 5.97. The molecule has 18 heavy (non-hydrogen) atoms. The number of amides is 1. The highest BCUT2D eigenvalue weighted by Gasteiger charge is 2.34. The minimum Gasteiger partial charge on any atom is -0.451 e. The van der Waals surface area contributed by atoms with Gasteiger partial charge in [-0.25, -0.2) is 0 Å². The molecule has 1 heterocycles. The summed E-state index contributed by atoms with van der Waals surface area (Å²) in [6, 6.07) is 7.09. The van der Waals surface area contributed by atoms with Gasteiger partial charge in [0.15, 0.2) is 5.76 Å². The largest absolute Gasteiger partial charge is 0.451 e. The molecule has 1 aromatic carbocycles. The molecule has 1 aliphatic carbocycles. The van der Waals surface area contributed by atoms with E-state index >= 15 is 0 Å². The van der Waals surface area contributed by atoms with Crippen molar-refractivity contribution in [3.05, 3.63) is 30.0 Å². The monoisotopic (exact) mass is 244 g/mol. The van der Waals surface area contributed by atoms with Crippen LogP contribution >= 0.6 is 0 Å². The van der Waals surface area contributed by atoms with E-state index in [1.165, 1.54) is 6.42 Å². The molecule has 4 nitrogen and oxygen atoms in total. The Morgan fingerprint density at radius 2 is 2.17 bits per heavy atom. The van der Waals surface area contributed by atoms with Gasteiger partial charge in [-0.2, -0.15) is 0 Å². The summed E-state index contributed by atoms with van der Waals surface area (Å²) in [6.45, 7) is 2.06. The van der Waals surface area contributed by atoms with Gasteiger partial charge in [-0.15, -0.1) is 0 Å². The van der Waals surface area contributed by atoms with E-state index in [0.29, 0.717) is 17.0 Å². The SMILES string of the molecule is CC1(NC(=O)c2cc3cc(N)ccc3o2)CCC1. The molecule has 1 aromatic heterocycles. The molecule has 2 aromatic rings. The average Bonchev–Trinajstić information content (AvgIpc) is 2.69. The molecule has 0 aliphatic heterocycles. The number of fused-ring (bicyclic) bond motifs is 1. The lowest BCUT2D eigenvalue weighted by Crippen LogP contribution is -2.50. The molecular weight excluding hydrogens is 228 g/mol. The summed E-state index contributed by atoms with van der Waals surface area (Å²) in [5.74, 6) is 0.204. The molecule has 1 aliphatic rings. The molecule has 94 valence electrons. The number of carbonyl (C=O) groups is 1. The zero-order valence-corrected chi connectivity index (χ0v) is 10.3. The fourth-order valence-corrected chi connectivity index (χ4v) is 2.34. The predicted octanol–water partition coefficient (Wildman–Crippen LogP) is 2.69. The van der Waals surface area contributed by atoms with Crippen molar-refractivity contribution in [3.8, 4) is 0 Å². The summed E-state index contributed by atoms with van der Waals surface area (Å²) in [5.41, 5.74) is 6.99. The van der Waals surface area contributed by atoms with E-state index in [2.05, 4.69) is 12.2 Å². The van der Waals surface area contributed by atoms with E-state index in [9.17, 15) is 4.79 Å². The molecular formula is C14H16N2O2. The Kier molecular flexibility index (Phi) is 2.33. The second-order valence-electron chi connectivity index (χ2n) is 5.28. The van der Waals surface area contributed by atoms with Crippen LogP contribution in [-0.2, 0) is 0 Å². The van der Waals surface area contributed by atoms with Crippen LogP contribution in [0.2, 0.25) is 0 Å². The maximum absolute atomic E-state index is 12.1. The van der Waals surface area contributed by atoms with Crippen molar-refractivity contribution >= 4 is 22.6 Å². The Labute approximate surface area is 105 Å². The Balaban J connectivity index is 1.87. The standard InChI is InChI=1S/C14H16N2O2/c1-14(5-2-6-14)16-13(17)12-8-9-7-10(15)3-4-11(9)18-12/h3-4,7-8H,2,5-6,15H2,1H3,(H,16,17). The molecule has 0 saturated heterocycles. The quantitative estimate of drug-likeness (QED) is 0.798. The molecule has 0 atom stereocenters. The van der Waals surface area contributed by atoms with E-state index in [0.717, 1.165) is 18.2 Å². The number of rotatable bonds is 2. The Morgan fingerprint density at radius 1 is 1.39 bits per heavy atom. The minimum atomic E-state index is -0.146. The van der Waals surface area contributed by atoms with Gasteiger partial charge in [0.05, 0.1) is 0 Å². The highest BCUT2D eigenvalue weighted by Crippen LogP contribution is 2.31. The van der Waals surface area contributed by atoms with Crippen LogP contribution in [-0.4, -0.2) is 11.4 Å². The van der Waals surface area contributed by atoms with Crippen LogP contribution < -0.4 is 11.1 Å². The summed E-state index contributed by atoms with van der Waals surface area (Å²) in [4.78, 5) is 12.1. The lowest BCUT2D eigenvalue weighted by atomic mass is 9.78. The van der Waals surface area contributed by atoms with Gasteiger partial charge in [-0.3, -0.25) is 4.79 Å². The third kappa shape index (κ3) is 1.83. The van der Waals surface area contributed by atoms with Gasteiger partial charge in [-0.1, -0.05) is 0 Å². The first-order chi connectivity index (χ1) is 8.56. The zero-order chi connectivity index (χ0) is 12.8. The molecule has 0 radical (unpaired) electrons. The Hall–Kier alpha value is -1.97. The topological polar surface area (TPSA) is 68.3 Å². The number of nitrogens with one attached hydrogen (secondary N) is 1. The molecule has 1 amide bonds. The lowest BCUT2D eigenvalue weighted by molar-refractivity contribution is 0.0824. The number of hydrogen-bond acceptors (Lipinski definition) is 3. The van der Waals surface area contributed by atoms with Crippen molar-refractivity contribution < 1.29 is 9.21 Å². The summed E-state index contributed by atoms with van der Waals surface area (Å²) >= 11 is 0. The second-order valence-corrected chi connectivity index (χ2v) is 5.28. The maximum Gasteiger partial charge on any atom is 0.287 e. The Bertz CT molecular complexity index is 611. The summed E-state index contributed by atoms with van der Waals surface area (Å²) in [5, 5.41) is 3.88. The first kappa shape index (κ1) is 11.1. The van der Waals surface area contributed by atoms with Crippen molar-refractivity contribution in [2.75, 3.05) is 5.73 Å². The van der Waals surface area contributed by atoms with E-state index in [1.54, 1.807) is 24.3 Å². The number of nitrogen functional groups attached to an aromatic ring is 1. The average molecular weight is 244 g/mol. The lowest BCUT2D eigenvalue weighted by Gasteiger charge is -2.38. The molecule has 0 unspecified atom stereocenters. The van der Waals surface area contributed by atoms with Gasteiger partial charge in [0.25, 0.3) is 5.91 Å². The van der Waals surface area contributed by atoms with Crippen LogP contribution in [0, 0.1) is 0 Å². The normalized spacial score (nSPS) is 17.4. The molecule has 4 heteroatoms. The van der Waals surface area contributed by atoms with Gasteiger partial charge in [0.1, 0.15) is 5.58 Å². The predicted molar refractivity (Wildman–Crippen MR) is 70.3 cm³/mol. The van der Waals surface area contributed by atoms with Crippen molar-refractivity contribution in [2.24, 2.45) is 0 Å². The Morgan fingerprint density at radius 3 is 2.83 bits per heavy atom. The van der Waals surface area contributed by atoms with Gasteiger partial charge >= 0.3 is 0 Å². The molecule has 3 rings (SSSR count). The number of benzene rings is 1. The molecule has 1 saturated carbocycles. The summed E-state index contributed by atoms with van der Waals surface area (Å²) in [7, 11) is 0. The van der Waals surface area contributed by atoms with Crippen molar-refractivity contribution in [3.63, 3.8) is 0 Å². The third-order valence-electron chi connectivity index (χ3n) is 3.64. The van der Waals surface area contributed by atoms with Crippen LogP contribution in [0.3, 0.4) is 0 Å². The summed E-state index contributed by atoms with van der Waals surface area (Å²) in [6.07, 6.45) is 3.24. The first-order valence-corrected chi connectivity index (χ1v) is 6.17. The fraction of sp³-hybridized carbons (Fsp3) is 0.357. The van der Waals surface area contributed by atoms with Crippen LogP contribution in [0.15, 0.2) is 28.7 Å². The minimum absolute atomic E-state index is 0.0604. The smallest absolute Gasteiger partial charge is 0.287 e. The van der Waals surface area contributed by atoms with Gasteiger partial charge in [-0.05, 0) is 50.5 Å². The van der Waals surface area contributed by atoms with Crippen molar-refractivity contribution in [1.29, 1.82) is 0 Å². The molecule has 0 bridgehead atoms. The zero-order valence-electron chi connectivity index (χ0n) is 10.3. The van der Waals surface area contributed by atoms with Crippen LogP contribution in [0.5, 0.6) is 0 Å². The number of carbonyl (C=O) groups excluding carboxylic acids is 1. The molecule has 3 N–H and O–H groups in total. The number of hydrogen-bond donors (Lipinski definition) is 2. The van der Waals surface area contributed by atoms with Gasteiger partial charge < -0.3 is 15.5 Å². The van der Waals surface area contributed by atoms with Crippen molar-refractivity contribution in [2.45, 2.75) is 31.7 Å². The second kappa shape index (κ2) is 3.77. The number of nitrogens with two attached hydrogens (primary N) is 1. The maximum atomic E-state index is 12.1. The number of furan rings is 1. The fourth-order valence-electron chi connectivity index (χ4n) is 2.34. The van der Waals surface area contributed by atoms with Crippen LogP contribution in [0.4, 0.5) is 5.69 Å². The van der Waals surface area contributed by atoms with E-state index in [1.807, 2.05) is 0 Å². The number of anilines is 1. The summed E-state index contributed by atoms with van der Waals surface area (Å²) < 4.78 is 5.53. The van der Waals surface area contributed by atoms with Gasteiger partial charge in [0.2, 0.25) is 0 Å². The van der Waals surface area contributed by atoms with E-state index in [-0.39, 0.29) is 11.4 Å². The van der Waals surface area contributed by atoms with E-state index < -0.39 is 0 Å². The van der Waals surface area contributed by atoms with Crippen LogP contribution in [0.25, 0.3) is 11.0 Å². The highest BCUT2D eigenvalue weighted by atomic mass is 16.3. The van der Waals surface area contributed by atoms with Crippen LogP contribution in [0.1, 0.15) is 36.7 Å². The first-order valence-electron chi connectivity index (χ1n) is 6.17. The van der Waals surface area contributed by atoms with Gasteiger partial charge in [0, 0.05) is 16.6 Å². The van der Waals surface area contributed by atoms with Crippen molar-refractivity contribution in [1.82, 2.24) is 5.32 Å². The third-order valence-corrected chi connectivity index (χ3v) is 3.64. The van der Waals surface area contributed by atoms with E-state index in [4.69, 9.17) is 10.2 Å². The molecule has 1 fully saturated rings. The molecule has 0 spiro atoms.